The fourth-order valence-corrected chi connectivity index (χ4v) is 3.40. The van der Waals surface area contributed by atoms with E-state index >= 15 is 0 Å². The zero-order chi connectivity index (χ0) is 18.2. The molecule has 1 fully saturated rings. The first-order chi connectivity index (χ1) is 13.3. The van der Waals surface area contributed by atoms with Gasteiger partial charge in [-0.15, -0.1) is 0 Å². The topological polar surface area (TPSA) is 87.9 Å². The zero-order valence-electron chi connectivity index (χ0n) is 14.5. The van der Waals surface area contributed by atoms with Gasteiger partial charge in [0.15, 0.2) is 0 Å². The minimum absolute atomic E-state index is 0.0924. The van der Waals surface area contributed by atoms with Crippen LogP contribution >= 0.6 is 0 Å². The number of para-hydroxylation sites is 1. The molecule has 1 aliphatic rings. The fraction of sp³-hybridized carbons (Fsp3) is 0.200. The van der Waals surface area contributed by atoms with Crippen molar-refractivity contribution in [2.45, 2.75) is 12.3 Å². The van der Waals surface area contributed by atoms with Gasteiger partial charge in [-0.3, -0.25) is 9.78 Å². The molecule has 0 unspecified atom stereocenters. The third-order valence-corrected chi connectivity index (χ3v) is 4.96. The van der Waals surface area contributed by atoms with E-state index in [9.17, 15) is 4.79 Å². The van der Waals surface area contributed by atoms with Gasteiger partial charge in [0, 0.05) is 48.1 Å². The number of nitrogens with one attached hydrogen (secondary N) is 1. The van der Waals surface area contributed by atoms with Gasteiger partial charge >= 0.3 is 0 Å². The summed E-state index contributed by atoms with van der Waals surface area (Å²) >= 11 is 0. The van der Waals surface area contributed by atoms with Gasteiger partial charge in [-0.1, -0.05) is 23.4 Å². The number of pyridine rings is 1. The highest BCUT2D eigenvalue weighted by molar-refractivity contribution is 5.89. The van der Waals surface area contributed by atoms with Crippen molar-refractivity contribution in [3.63, 3.8) is 0 Å². The Balaban J connectivity index is 1.23. The van der Waals surface area contributed by atoms with Crippen molar-refractivity contribution in [3.05, 3.63) is 66.4 Å². The van der Waals surface area contributed by atoms with Gasteiger partial charge in [-0.25, -0.2) is 0 Å². The molecule has 134 valence electrons. The highest BCUT2D eigenvalue weighted by Crippen LogP contribution is 2.28. The molecule has 5 rings (SSSR count). The van der Waals surface area contributed by atoms with Crippen LogP contribution in [0.1, 0.15) is 17.4 Å². The molecule has 0 atom stereocenters. The Kier molecular flexibility index (Phi) is 3.71. The van der Waals surface area contributed by atoms with E-state index in [1.54, 1.807) is 12.4 Å². The summed E-state index contributed by atoms with van der Waals surface area (Å²) in [5.74, 6) is 1.31. The van der Waals surface area contributed by atoms with E-state index in [-0.39, 0.29) is 11.8 Å². The maximum atomic E-state index is 12.6. The molecule has 4 heterocycles. The smallest absolute Gasteiger partial charge is 0.233 e. The summed E-state index contributed by atoms with van der Waals surface area (Å²) in [5.41, 5.74) is 2.89. The van der Waals surface area contributed by atoms with Gasteiger partial charge in [0.1, 0.15) is 0 Å². The van der Waals surface area contributed by atoms with E-state index in [1.807, 2.05) is 47.5 Å². The molecule has 1 aromatic carbocycles. The van der Waals surface area contributed by atoms with Crippen LogP contribution in [0.25, 0.3) is 22.3 Å². The molecule has 1 aliphatic heterocycles. The first-order valence-corrected chi connectivity index (χ1v) is 8.85. The monoisotopic (exact) mass is 359 g/mol. The molecule has 0 spiro atoms. The van der Waals surface area contributed by atoms with Crippen molar-refractivity contribution in [1.82, 2.24) is 25.0 Å². The predicted molar refractivity (Wildman–Crippen MR) is 98.9 cm³/mol. The van der Waals surface area contributed by atoms with Crippen LogP contribution in [-0.2, 0) is 11.2 Å². The van der Waals surface area contributed by atoms with Crippen LogP contribution in [0.5, 0.6) is 0 Å². The molecular weight excluding hydrogens is 342 g/mol. The number of H-pyrrole nitrogens is 1. The van der Waals surface area contributed by atoms with Crippen molar-refractivity contribution in [2.75, 3.05) is 13.1 Å². The Bertz CT molecular complexity index is 1100. The summed E-state index contributed by atoms with van der Waals surface area (Å²) in [4.78, 5) is 26.1. The Morgan fingerprint density at radius 3 is 2.96 bits per heavy atom. The second kappa shape index (κ2) is 6.35. The number of hydrogen-bond acceptors (Lipinski definition) is 5. The van der Waals surface area contributed by atoms with E-state index in [4.69, 9.17) is 4.52 Å². The van der Waals surface area contributed by atoms with Crippen LogP contribution < -0.4 is 0 Å². The average Bonchev–Trinajstić information content (AvgIpc) is 3.29. The highest BCUT2D eigenvalue weighted by Gasteiger charge is 2.35. The number of rotatable bonds is 4. The van der Waals surface area contributed by atoms with Crippen molar-refractivity contribution in [3.8, 4) is 11.4 Å². The molecule has 1 saturated heterocycles. The fourth-order valence-electron chi connectivity index (χ4n) is 3.40. The van der Waals surface area contributed by atoms with Crippen LogP contribution in [0.15, 0.2) is 59.5 Å². The van der Waals surface area contributed by atoms with Gasteiger partial charge in [0.25, 0.3) is 0 Å². The number of hydrogen-bond donors (Lipinski definition) is 1. The number of aromatic amines is 1. The molecule has 7 nitrogen and oxygen atoms in total. The molecule has 27 heavy (non-hydrogen) atoms. The van der Waals surface area contributed by atoms with Gasteiger partial charge in [-0.05, 0) is 23.8 Å². The lowest BCUT2D eigenvalue weighted by molar-refractivity contribution is -0.135. The molecule has 7 heteroatoms. The third kappa shape index (κ3) is 2.87. The molecule has 1 amide bonds. The molecule has 0 radical (unpaired) electrons. The lowest BCUT2D eigenvalue weighted by atomic mass is 9.98. The van der Waals surface area contributed by atoms with E-state index in [1.165, 1.54) is 0 Å². The number of fused-ring (bicyclic) bond motifs is 1. The highest BCUT2D eigenvalue weighted by atomic mass is 16.5. The molecule has 4 aromatic rings. The Morgan fingerprint density at radius 1 is 1.22 bits per heavy atom. The second-order valence-electron chi connectivity index (χ2n) is 6.73. The number of aromatic nitrogens is 4. The predicted octanol–water partition coefficient (Wildman–Crippen LogP) is 2.78. The molecule has 0 saturated carbocycles. The quantitative estimate of drug-likeness (QED) is 0.605. The van der Waals surface area contributed by atoms with Crippen molar-refractivity contribution in [2.24, 2.45) is 0 Å². The summed E-state index contributed by atoms with van der Waals surface area (Å²) < 4.78 is 5.38. The van der Waals surface area contributed by atoms with Crippen molar-refractivity contribution >= 4 is 16.8 Å². The first kappa shape index (κ1) is 15.7. The largest absolute Gasteiger partial charge is 0.361 e. The summed E-state index contributed by atoms with van der Waals surface area (Å²) in [6.07, 6.45) is 5.71. The first-order valence-electron chi connectivity index (χ1n) is 8.85. The van der Waals surface area contributed by atoms with Crippen LogP contribution in [-0.4, -0.2) is 44.0 Å². The number of carbonyl (C=O) groups is 1. The van der Waals surface area contributed by atoms with Gasteiger partial charge in [-0.2, -0.15) is 4.98 Å². The van der Waals surface area contributed by atoms with Crippen molar-refractivity contribution < 1.29 is 9.32 Å². The van der Waals surface area contributed by atoms with Gasteiger partial charge in [0.2, 0.25) is 17.6 Å². The Hall–Kier alpha value is -3.48. The summed E-state index contributed by atoms with van der Waals surface area (Å²) in [7, 11) is 0. The van der Waals surface area contributed by atoms with E-state index in [2.05, 4.69) is 20.1 Å². The molecule has 1 N–H and O–H groups in total. The zero-order valence-corrected chi connectivity index (χ0v) is 14.5. The SMILES string of the molecule is O=C(Cc1c[nH]c2ccccc12)N1CC(c2nc(-c3cccnc3)no2)C1. The maximum absolute atomic E-state index is 12.6. The summed E-state index contributed by atoms with van der Waals surface area (Å²) in [6.45, 7) is 1.21. The van der Waals surface area contributed by atoms with E-state index in [0.717, 1.165) is 22.0 Å². The standard InChI is InChI=1S/C20H17N5O2/c26-18(8-14-10-22-17-6-2-1-5-16(14)17)25-11-15(12-25)20-23-19(24-27-20)13-4-3-7-21-9-13/h1-7,9-10,15,22H,8,11-12H2. The Labute approximate surface area is 155 Å². The normalized spacial score (nSPS) is 14.4. The summed E-state index contributed by atoms with van der Waals surface area (Å²) in [5, 5.41) is 5.12. The van der Waals surface area contributed by atoms with Gasteiger partial charge < -0.3 is 14.4 Å². The van der Waals surface area contributed by atoms with Gasteiger partial charge in [0.05, 0.1) is 12.3 Å². The number of amides is 1. The molecular formula is C20H17N5O2. The maximum Gasteiger partial charge on any atom is 0.233 e. The number of nitrogens with zero attached hydrogens (tertiary/aromatic N) is 4. The minimum Gasteiger partial charge on any atom is -0.361 e. The van der Waals surface area contributed by atoms with Crippen molar-refractivity contribution in [1.29, 1.82) is 0 Å². The lowest BCUT2D eigenvalue weighted by Crippen LogP contribution is -2.49. The molecule has 3 aromatic heterocycles. The number of likely N-dealkylation sites (tertiary alicyclic amines) is 1. The number of carbonyl (C=O) groups excluding carboxylic acids is 1. The number of benzene rings is 1. The molecule has 0 aliphatic carbocycles. The van der Waals surface area contributed by atoms with Crippen LogP contribution in [0, 0.1) is 0 Å². The Morgan fingerprint density at radius 2 is 2.11 bits per heavy atom. The van der Waals surface area contributed by atoms with Crippen LogP contribution in [0.2, 0.25) is 0 Å². The van der Waals surface area contributed by atoms with E-state index in [0.29, 0.717) is 31.2 Å². The van der Waals surface area contributed by atoms with E-state index < -0.39 is 0 Å². The minimum atomic E-state index is 0.0924. The van der Waals surface area contributed by atoms with Crippen LogP contribution in [0.4, 0.5) is 0 Å². The third-order valence-electron chi connectivity index (χ3n) is 4.96. The molecule has 0 bridgehead atoms. The second-order valence-corrected chi connectivity index (χ2v) is 6.73. The lowest BCUT2D eigenvalue weighted by Gasteiger charge is -2.37. The summed E-state index contributed by atoms with van der Waals surface area (Å²) in [6, 6.07) is 11.7. The van der Waals surface area contributed by atoms with Crippen LogP contribution in [0.3, 0.4) is 0 Å². The average molecular weight is 359 g/mol.